The topological polar surface area (TPSA) is 12.4 Å². The van der Waals surface area contributed by atoms with E-state index in [0.29, 0.717) is 5.92 Å². The van der Waals surface area contributed by atoms with Crippen LogP contribution in [0, 0.1) is 5.92 Å². The van der Waals surface area contributed by atoms with Gasteiger partial charge in [-0.15, -0.1) is 0 Å². The van der Waals surface area contributed by atoms with Crippen LogP contribution in [0.3, 0.4) is 0 Å². The molecule has 0 aromatic carbocycles. The van der Waals surface area contributed by atoms with Gasteiger partial charge in [0.1, 0.15) is 0 Å². The summed E-state index contributed by atoms with van der Waals surface area (Å²) < 4.78 is 0. The van der Waals surface area contributed by atoms with Gasteiger partial charge in [0.05, 0.1) is 0 Å². The van der Waals surface area contributed by atoms with Crippen molar-refractivity contribution in [2.45, 2.75) is 47.0 Å². The van der Waals surface area contributed by atoms with Crippen molar-refractivity contribution in [2.75, 3.05) is 6.54 Å². The number of allylic oxidation sites excluding steroid dienone is 3. The predicted octanol–water partition coefficient (Wildman–Crippen LogP) is 4.41. The van der Waals surface area contributed by atoms with Crippen LogP contribution in [0.5, 0.6) is 0 Å². The Kier molecular flexibility index (Phi) is 7.98. The summed E-state index contributed by atoms with van der Waals surface area (Å²) in [5.74, 6) is 0.665. The summed E-state index contributed by atoms with van der Waals surface area (Å²) in [6, 6.07) is 0. The summed E-state index contributed by atoms with van der Waals surface area (Å²) in [5, 5.41) is 0. The Labute approximate surface area is 95.0 Å². The lowest BCUT2D eigenvalue weighted by Gasteiger charge is -2.02. The number of aliphatic imine (C=N–C) groups is 1. The molecule has 0 N–H and O–H groups in total. The summed E-state index contributed by atoms with van der Waals surface area (Å²) in [5.41, 5.74) is 2.71. The molecule has 0 aromatic heterocycles. The van der Waals surface area contributed by atoms with Gasteiger partial charge >= 0.3 is 0 Å². The van der Waals surface area contributed by atoms with Gasteiger partial charge in [0.2, 0.25) is 0 Å². The molecular formula is C14H25N. The van der Waals surface area contributed by atoms with E-state index in [9.17, 15) is 0 Å². The second-order valence-electron chi connectivity index (χ2n) is 3.96. The molecule has 1 saturated carbocycles. The van der Waals surface area contributed by atoms with Crippen LogP contribution in [0.4, 0.5) is 0 Å². The Balaban J connectivity index is 0.000000921. The summed E-state index contributed by atoms with van der Waals surface area (Å²) in [6.45, 7) is 13.1. The number of nitrogens with zero attached hydrogens (tertiary/aromatic N) is 1. The molecule has 86 valence electrons. The smallest absolute Gasteiger partial charge is 0.0415 e. The van der Waals surface area contributed by atoms with Gasteiger partial charge in [-0.3, -0.25) is 4.99 Å². The summed E-state index contributed by atoms with van der Waals surface area (Å²) in [6.07, 6.45) is 7.57. The fraction of sp³-hybridized carbons (Fsp3) is 0.643. The van der Waals surface area contributed by atoms with Gasteiger partial charge < -0.3 is 0 Å². The highest BCUT2D eigenvalue weighted by atomic mass is 14.7. The molecule has 15 heavy (non-hydrogen) atoms. The zero-order chi connectivity index (χ0) is 11.7. The lowest BCUT2D eigenvalue weighted by molar-refractivity contribution is 0.665. The maximum Gasteiger partial charge on any atom is 0.0415 e. The van der Waals surface area contributed by atoms with Crippen LogP contribution in [0.2, 0.25) is 0 Å². The molecule has 0 heterocycles. The molecular weight excluding hydrogens is 182 g/mol. The van der Waals surface area contributed by atoms with Crippen LogP contribution < -0.4 is 0 Å². The molecule has 0 aromatic rings. The van der Waals surface area contributed by atoms with Crippen molar-refractivity contribution in [1.82, 2.24) is 0 Å². The molecule has 1 rings (SSSR count). The van der Waals surface area contributed by atoms with E-state index in [-0.39, 0.29) is 0 Å². The van der Waals surface area contributed by atoms with Crippen LogP contribution in [-0.4, -0.2) is 12.3 Å². The molecule has 0 spiro atoms. The molecule has 1 heteroatoms. The molecule has 1 fully saturated rings. The Morgan fingerprint density at radius 3 is 2.53 bits per heavy atom. The first kappa shape index (κ1) is 14.2. The van der Waals surface area contributed by atoms with E-state index in [4.69, 9.17) is 0 Å². The molecule has 0 radical (unpaired) electrons. The maximum atomic E-state index is 4.62. The first-order valence-electron chi connectivity index (χ1n) is 6.09. The predicted molar refractivity (Wildman–Crippen MR) is 70.6 cm³/mol. The maximum absolute atomic E-state index is 4.62. The van der Waals surface area contributed by atoms with E-state index >= 15 is 0 Å². The van der Waals surface area contributed by atoms with Crippen molar-refractivity contribution >= 4 is 5.71 Å². The van der Waals surface area contributed by atoms with E-state index in [1.807, 2.05) is 19.9 Å². The highest BCUT2D eigenvalue weighted by molar-refractivity contribution is 6.02. The summed E-state index contributed by atoms with van der Waals surface area (Å²) >= 11 is 0. The molecule has 0 saturated heterocycles. The van der Waals surface area contributed by atoms with Crippen LogP contribution >= 0.6 is 0 Å². The van der Waals surface area contributed by atoms with Crippen molar-refractivity contribution in [2.24, 2.45) is 10.9 Å². The molecule has 1 aliphatic carbocycles. The van der Waals surface area contributed by atoms with E-state index in [2.05, 4.69) is 31.5 Å². The minimum absolute atomic E-state index is 0.665. The quantitative estimate of drug-likeness (QED) is 0.650. The first-order valence-corrected chi connectivity index (χ1v) is 6.09. The molecule has 0 unspecified atom stereocenters. The number of hydrogen-bond donors (Lipinski definition) is 0. The van der Waals surface area contributed by atoms with Crippen molar-refractivity contribution in [1.29, 1.82) is 0 Å². The van der Waals surface area contributed by atoms with Gasteiger partial charge in [0.25, 0.3) is 0 Å². The SMILES string of the molecule is C=C/C=C1/CCCC1=NCC(C)C.CC. The largest absolute Gasteiger partial charge is 0.289 e. The summed E-state index contributed by atoms with van der Waals surface area (Å²) in [7, 11) is 0. The highest BCUT2D eigenvalue weighted by Crippen LogP contribution is 2.22. The van der Waals surface area contributed by atoms with Gasteiger partial charge in [0.15, 0.2) is 0 Å². The van der Waals surface area contributed by atoms with E-state index in [1.54, 1.807) is 0 Å². The standard InChI is InChI=1S/C12H19N.C2H6/c1-4-6-11-7-5-8-12(11)13-9-10(2)3;1-2/h4,6,10H,1,5,7-9H2,2-3H3;1-2H3/b11-6-,13-12?;. The van der Waals surface area contributed by atoms with Gasteiger partial charge in [-0.25, -0.2) is 0 Å². The molecule has 0 atom stereocenters. The summed E-state index contributed by atoms with van der Waals surface area (Å²) in [4.78, 5) is 4.62. The Morgan fingerprint density at radius 1 is 1.33 bits per heavy atom. The second kappa shape index (κ2) is 8.46. The highest BCUT2D eigenvalue weighted by Gasteiger charge is 2.13. The second-order valence-corrected chi connectivity index (χ2v) is 3.96. The molecule has 0 bridgehead atoms. The third-order valence-corrected chi connectivity index (χ3v) is 2.20. The zero-order valence-corrected chi connectivity index (χ0v) is 10.7. The first-order chi connectivity index (χ1) is 7.24. The third-order valence-electron chi connectivity index (χ3n) is 2.20. The minimum Gasteiger partial charge on any atom is -0.289 e. The van der Waals surface area contributed by atoms with Crippen LogP contribution in [0.1, 0.15) is 47.0 Å². The van der Waals surface area contributed by atoms with Crippen molar-refractivity contribution in [3.8, 4) is 0 Å². The van der Waals surface area contributed by atoms with E-state index in [0.717, 1.165) is 13.0 Å². The van der Waals surface area contributed by atoms with Gasteiger partial charge in [-0.05, 0) is 30.8 Å². The average Bonchev–Trinajstić information content (AvgIpc) is 2.66. The Bertz CT molecular complexity index is 234. The van der Waals surface area contributed by atoms with Gasteiger partial charge in [-0.2, -0.15) is 0 Å². The van der Waals surface area contributed by atoms with E-state index in [1.165, 1.54) is 24.1 Å². The van der Waals surface area contributed by atoms with Crippen LogP contribution in [-0.2, 0) is 0 Å². The molecule has 1 aliphatic rings. The molecule has 1 nitrogen and oxygen atoms in total. The van der Waals surface area contributed by atoms with Crippen molar-refractivity contribution in [3.05, 3.63) is 24.3 Å². The third kappa shape index (κ3) is 5.56. The zero-order valence-electron chi connectivity index (χ0n) is 10.7. The molecule has 0 amide bonds. The van der Waals surface area contributed by atoms with Gasteiger partial charge in [-0.1, -0.05) is 46.4 Å². The lowest BCUT2D eigenvalue weighted by Crippen LogP contribution is -1.99. The van der Waals surface area contributed by atoms with Crippen LogP contribution in [0.25, 0.3) is 0 Å². The lowest BCUT2D eigenvalue weighted by atomic mass is 10.2. The normalized spacial score (nSPS) is 20.6. The van der Waals surface area contributed by atoms with Gasteiger partial charge in [0, 0.05) is 12.3 Å². The number of rotatable bonds is 3. The fourth-order valence-electron chi connectivity index (χ4n) is 1.55. The van der Waals surface area contributed by atoms with E-state index < -0.39 is 0 Å². The van der Waals surface area contributed by atoms with Crippen molar-refractivity contribution in [3.63, 3.8) is 0 Å². The average molecular weight is 207 g/mol. The van der Waals surface area contributed by atoms with Crippen LogP contribution in [0.15, 0.2) is 29.3 Å². The van der Waals surface area contributed by atoms with Crippen molar-refractivity contribution < 1.29 is 0 Å². The Morgan fingerprint density at radius 2 is 2.00 bits per heavy atom. The monoisotopic (exact) mass is 207 g/mol. The fourth-order valence-corrected chi connectivity index (χ4v) is 1.55. The Hall–Kier alpha value is -0.850. The number of hydrogen-bond acceptors (Lipinski definition) is 1. The minimum atomic E-state index is 0.665. The molecule has 0 aliphatic heterocycles.